The van der Waals surface area contributed by atoms with Crippen LogP contribution in [0.15, 0.2) is 30.5 Å². The van der Waals surface area contributed by atoms with E-state index in [1.165, 1.54) is 12.8 Å². The predicted molar refractivity (Wildman–Crippen MR) is 90.3 cm³/mol. The molecule has 0 radical (unpaired) electrons. The van der Waals surface area contributed by atoms with Gasteiger partial charge in [0.1, 0.15) is 5.75 Å². The largest absolute Gasteiger partial charge is 0.463 e. The summed E-state index contributed by atoms with van der Waals surface area (Å²) in [6.45, 7) is 7.75. The molecule has 0 aliphatic heterocycles. The molecule has 3 nitrogen and oxygen atoms in total. The number of Topliss-reactive ketones (excluding diaryl/α,β-unsaturated/α-hetero) is 1. The Balaban J connectivity index is 2.72. The van der Waals surface area contributed by atoms with E-state index in [9.17, 15) is 4.79 Å². The van der Waals surface area contributed by atoms with Gasteiger partial charge >= 0.3 is 0 Å². The number of unbranched alkanes of at least 4 members (excludes halogenated alkanes) is 2. The summed E-state index contributed by atoms with van der Waals surface area (Å²) in [6.07, 6.45) is 8.62. The van der Waals surface area contributed by atoms with Crippen molar-refractivity contribution in [3.63, 3.8) is 0 Å². The molecule has 1 aromatic rings. The first kappa shape index (κ1) is 18.3. The lowest BCUT2D eigenvalue weighted by atomic mass is 10.1. The van der Waals surface area contributed by atoms with Crippen molar-refractivity contribution < 1.29 is 14.3 Å². The Morgan fingerprint density at radius 2 is 2.05 bits per heavy atom. The molecule has 0 fully saturated rings. The Morgan fingerprint density at radius 3 is 2.64 bits per heavy atom. The fraction of sp³-hybridized carbons (Fsp3) is 0.526. The number of ketones is 1. The topological polar surface area (TPSA) is 35.5 Å². The highest BCUT2D eigenvalue weighted by Gasteiger charge is 2.12. The molecule has 0 heterocycles. The van der Waals surface area contributed by atoms with E-state index in [0.717, 1.165) is 36.1 Å². The van der Waals surface area contributed by atoms with E-state index in [0.29, 0.717) is 0 Å². The molecule has 1 unspecified atom stereocenters. The average Bonchev–Trinajstić information content (AvgIpc) is 2.47. The Morgan fingerprint density at radius 1 is 1.27 bits per heavy atom. The zero-order chi connectivity index (χ0) is 16.4. The maximum Gasteiger partial charge on any atom is 0.240 e. The first-order chi connectivity index (χ1) is 10.6. The SMILES string of the molecule is CC/C=C/OC(CCCCC)Oc1ccc(C(C)=O)c(C)c1. The van der Waals surface area contributed by atoms with Gasteiger partial charge in [0.25, 0.3) is 0 Å². The van der Waals surface area contributed by atoms with Crippen molar-refractivity contribution >= 4 is 5.78 Å². The molecule has 0 aromatic heterocycles. The second-order valence-corrected chi connectivity index (χ2v) is 5.49. The van der Waals surface area contributed by atoms with Crippen LogP contribution in [0, 0.1) is 6.92 Å². The van der Waals surface area contributed by atoms with Gasteiger partial charge in [-0.15, -0.1) is 0 Å². The molecule has 0 bridgehead atoms. The van der Waals surface area contributed by atoms with Gasteiger partial charge in [-0.25, -0.2) is 0 Å². The normalized spacial score (nSPS) is 12.4. The van der Waals surface area contributed by atoms with Gasteiger partial charge in [0.2, 0.25) is 6.29 Å². The van der Waals surface area contributed by atoms with E-state index in [2.05, 4.69) is 13.8 Å². The van der Waals surface area contributed by atoms with Gasteiger partial charge in [-0.3, -0.25) is 4.79 Å². The van der Waals surface area contributed by atoms with E-state index >= 15 is 0 Å². The highest BCUT2D eigenvalue weighted by molar-refractivity contribution is 5.95. The lowest BCUT2D eigenvalue weighted by Crippen LogP contribution is -2.18. The van der Waals surface area contributed by atoms with E-state index in [1.54, 1.807) is 13.2 Å². The van der Waals surface area contributed by atoms with Crippen LogP contribution in [0.5, 0.6) is 5.75 Å². The summed E-state index contributed by atoms with van der Waals surface area (Å²) in [4.78, 5) is 11.5. The summed E-state index contributed by atoms with van der Waals surface area (Å²) >= 11 is 0. The summed E-state index contributed by atoms with van der Waals surface area (Å²) in [5.74, 6) is 0.819. The molecule has 122 valence electrons. The van der Waals surface area contributed by atoms with E-state index in [-0.39, 0.29) is 12.1 Å². The number of benzene rings is 1. The van der Waals surface area contributed by atoms with Gasteiger partial charge in [-0.05, 0) is 56.5 Å². The van der Waals surface area contributed by atoms with Gasteiger partial charge in [0.15, 0.2) is 5.78 Å². The zero-order valence-electron chi connectivity index (χ0n) is 14.2. The monoisotopic (exact) mass is 304 g/mol. The molecule has 0 saturated heterocycles. The van der Waals surface area contributed by atoms with Gasteiger partial charge < -0.3 is 9.47 Å². The fourth-order valence-corrected chi connectivity index (χ4v) is 2.21. The van der Waals surface area contributed by atoms with Gasteiger partial charge in [0.05, 0.1) is 6.26 Å². The van der Waals surface area contributed by atoms with Crippen LogP contribution in [0.4, 0.5) is 0 Å². The molecule has 0 aliphatic carbocycles. The van der Waals surface area contributed by atoms with E-state index < -0.39 is 0 Å². The second kappa shape index (κ2) is 10.0. The van der Waals surface area contributed by atoms with Crippen LogP contribution >= 0.6 is 0 Å². The number of ether oxygens (including phenoxy) is 2. The average molecular weight is 304 g/mol. The first-order valence-corrected chi connectivity index (χ1v) is 8.17. The Hall–Kier alpha value is -1.77. The van der Waals surface area contributed by atoms with Crippen LogP contribution in [0.25, 0.3) is 0 Å². The molecule has 3 heteroatoms. The lowest BCUT2D eigenvalue weighted by Gasteiger charge is -2.19. The molecule has 0 amide bonds. The van der Waals surface area contributed by atoms with Gasteiger partial charge in [-0.2, -0.15) is 0 Å². The number of aryl methyl sites for hydroxylation is 1. The Labute approximate surface area is 134 Å². The Bertz CT molecular complexity index is 491. The summed E-state index contributed by atoms with van der Waals surface area (Å²) in [7, 11) is 0. The summed E-state index contributed by atoms with van der Waals surface area (Å²) in [5, 5.41) is 0. The van der Waals surface area contributed by atoms with Crippen LogP contribution in [0.3, 0.4) is 0 Å². The lowest BCUT2D eigenvalue weighted by molar-refractivity contribution is -0.0366. The molecule has 0 N–H and O–H groups in total. The van der Waals surface area contributed by atoms with Crippen LogP contribution in [-0.2, 0) is 4.74 Å². The molecular weight excluding hydrogens is 276 g/mol. The van der Waals surface area contributed by atoms with Crippen molar-refractivity contribution in [2.45, 2.75) is 66.1 Å². The molecule has 22 heavy (non-hydrogen) atoms. The minimum atomic E-state index is -0.281. The molecule has 0 saturated carbocycles. The van der Waals surface area contributed by atoms with Crippen molar-refractivity contribution in [3.05, 3.63) is 41.7 Å². The van der Waals surface area contributed by atoms with Crippen LogP contribution < -0.4 is 4.74 Å². The van der Waals surface area contributed by atoms with Crippen molar-refractivity contribution in [1.29, 1.82) is 0 Å². The second-order valence-electron chi connectivity index (χ2n) is 5.49. The predicted octanol–water partition coefficient (Wildman–Crippen LogP) is 5.42. The third-order valence-corrected chi connectivity index (χ3v) is 3.45. The number of allylic oxidation sites excluding steroid dienone is 1. The number of carbonyl (C=O) groups excluding carboxylic acids is 1. The standard InChI is InChI=1S/C19H28O3/c1-5-7-9-10-19(21-13-8-6-2)22-17-11-12-18(16(4)20)15(3)14-17/h8,11-14,19H,5-7,9-10H2,1-4H3/b13-8+. The Kier molecular flexibility index (Phi) is 8.34. The molecule has 1 atom stereocenters. The quantitative estimate of drug-likeness (QED) is 0.250. The number of hydrogen-bond acceptors (Lipinski definition) is 3. The van der Waals surface area contributed by atoms with Crippen molar-refractivity contribution in [2.75, 3.05) is 0 Å². The van der Waals surface area contributed by atoms with Crippen molar-refractivity contribution in [3.8, 4) is 5.75 Å². The molecule has 0 aliphatic rings. The molecule has 0 spiro atoms. The van der Waals surface area contributed by atoms with E-state index in [1.807, 2.05) is 31.2 Å². The van der Waals surface area contributed by atoms with Gasteiger partial charge in [-0.1, -0.05) is 26.7 Å². The van der Waals surface area contributed by atoms with Crippen molar-refractivity contribution in [2.24, 2.45) is 0 Å². The number of hydrogen-bond donors (Lipinski definition) is 0. The minimum Gasteiger partial charge on any atom is -0.463 e. The summed E-state index contributed by atoms with van der Waals surface area (Å²) in [5.41, 5.74) is 1.67. The maximum atomic E-state index is 11.5. The van der Waals surface area contributed by atoms with Gasteiger partial charge in [0, 0.05) is 12.0 Å². The number of rotatable bonds is 10. The van der Waals surface area contributed by atoms with Crippen LogP contribution in [0.2, 0.25) is 0 Å². The summed E-state index contributed by atoms with van der Waals surface area (Å²) < 4.78 is 11.6. The highest BCUT2D eigenvalue weighted by Crippen LogP contribution is 2.21. The van der Waals surface area contributed by atoms with Crippen molar-refractivity contribution in [1.82, 2.24) is 0 Å². The molecular formula is C19H28O3. The third-order valence-electron chi connectivity index (χ3n) is 3.45. The third kappa shape index (κ3) is 6.33. The smallest absolute Gasteiger partial charge is 0.240 e. The maximum absolute atomic E-state index is 11.5. The zero-order valence-corrected chi connectivity index (χ0v) is 14.2. The van der Waals surface area contributed by atoms with Crippen LogP contribution in [0.1, 0.15) is 68.8 Å². The minimum absolute atomic E-state index is 0.0747. The highest BCUT2D eigenvalue weighted by atomic mass is 16.7. The van der Waals surface area contributed by atoms with Crippen LogP contribution in [-0.4, -0.2) is 12.1 Å². The first-order valence-electron chi connectivity index (χ1n) is 8.17. The van der Waals surface area contributed by atoms with E-state index in [4.69, 9.17) is 9.47 Å². The molecule has 1 rings (SSSR count). The fourth-order valence-electron chi connectivity index (χ4n) is 2.21. The molecule has 1 aromatic carbocycles. The number of carbonyl (C=O) groups is 1. The summed E-state index contributed by atoms with van der Waals surface area (Å²) in [6, 6.07) is 5.55.